The Morgan fingerprint density at radius 2 is 1.26 bits per heavy atom. The number of unbranched alkanes of at least 4 members (excludes halogenated alkanes) is 10. The van der Waals surface area contributed by atoms with Gasteiger partial charge in [-0.05, 0) is 32.1 Å². The highest BCUT2D eigenvalue weighted by molar-refractivity contribution is 5.36. The molecule has 2 heteroatoms. The second-order valence-electron chi connectivity index (χ2n) is 5.20. The Kier molecular flexibility index (Phi) is 16.5. The lowest BCUT2D eigenvalue weighted by Crippen LogP contribution is -1.91. The van der Waals surface area contributed by atoms with Gasteiger partial charge in [-0.1, -0.05) is 64.0 Å². The summed E-state index contributed by atoms with van der Waals surface area (Å²) in [5.41, 5.74) is 0. The summed E-state index contributed by atoms with van der Waals surface area (Å²) in [6.07, 6.45) is 20.1. The van der Waals surface area contributed by atoms with Gasteiger partial charge in [0.25, 0.3) is 6.47 Å². The standard InChI is InChI=1S/C17H32O2/c1-2-3-4-5-6-7-8-9-10-11-12-13-14-15-16-19-17-18/h7-8,17H,2-6,9-16H2,1H3. The molecule has 0 spiro atoms. The van der Waals surface area contributed by atoms with Crippen molar-refractivity contribution in [3.8, 4) is 0 Å². The van der Waals surface area contributed by atoms with Crippen LogP contribution in [0.3, 0.4) is 0 Å². The van der Waals surface area contributed by atoms with Crippen molar-refractivity contribution in [2.24, 2.45) is 0 Å². The van der Waals surface area contributed by atoms with E-state index in [-0.39, 0.29) is 0 Å². The van der Waals surface area contributed by atoms with E-state index in [4.69, 9.17) is 0 Å². The minimum absolute atomic E-state index is 0.536. The number of allylic oxidation sites excluding steroid dienone is 2. The van der Waals surface area contributed by atoms with E-state index in [2.05, 4.69) is 23.8 Å². The summed E-state index contributed by atoms with van der Waals surface area (Å²) in [7, 11) is 0. The molecule has 0 unspecified atom stereocenters. The molecule has 112 valence electrons. The van der Waals surface area contributed by atoms with Crippen molar-refractivity contribution in [2.75, 3.05) is 6.61 Å². The van der Waals surface area contributed by atoms with Crippen molar-refractivity contribution in [3.63, 3.8) is 0 Å². The highest BCUT2D eigenvalue weighted by atomic mass is 16.5. The molecule has 0 radical (unpaired) electrons. The molecule has 0 bridgehead atoms. The van der Waals surface area contributed by atoms with Crippen LogP contribution in [-0.2, 0) is 9.53 Å². The third kappa shape index (κ3) is 17.2. The highest BCUT2D eigenvalue weighted by Crippen LogP contribution is 2.08. The average molecular weight is 268 g/mol. The Labute approximate surface area is 119 Å². The van der Waals surface area contributed by atoms with E-state index in [1.54, 1.807) is 0 Å². The lowest BCUT2D eigenvalue weighted by Gasteiger charge is -2.00. The van der Waals surface area contributed by atoms with E-state index < -0.39 is 0 Å². The Morgan fingerprint density at radius 1 is 0.737 bits per heavy atom. The van der Waals surface area contributed by atoms with Crippen molar-refractivity contribution in [1.29, 1.82) is 0 Å². The first-order valence-corrected chi connectivity index (χ1v) is 8.12. The quantitative estimate of drug-likeness (QED) is 0.225. The fraction of sp³-hybridized carbons (Fsp3) is 0.824. The smallest absolute Gasteiger partial charge is 0.293 e. The van der Waals surface area contributed by atoms with Crippen molar-refractivity contribution < 1.29 is 9.53 Å². The summed E-state index contributed by atoms with van der Waals surface area (Å²) in [5, 5.41) is 0. The molecule has 0 amide bonds. The van der Waals surface area contributed by atoms with Gasteiger partial charge >= 0.3 is 0 Å². The highest BCUT2D eigenvalue weighted by Gasteiger charge is 1.91. The number of hydrogen-bond donors (Lipinski definition) is 0. The molecular weight excluding hydrogens is 236 g/mol. The van der Waals surface area contributed by atoms with Crippen molar-refractivity contribution in [2.45, 2.75) is 84.0 Å². The van der Waals surface area contributed by atoms with Crippen LogP contribution in [0.4, 0.5) is 0 Å². The predicted molar refractivity (Wildman–Crippen MR) is 82.2 cm³/mol. The average Bonchev–Trinajstić information content (AvgIpc) is 2.43. The van der Waals surface area contributed by atoms with E-state index >= 15 is 0 Å². The Morgan fingerprint density at radius 3 is 1.84 bits per heavy atom. The van der Waals surface area contributed by atoms with Gasteiger partial charge in [-0.3, -0.25) is 4.79 Å². The maximum Gasteiger partial charge on any atom is 0.293 e. The molecule has 0 aromatic heterocycles. The normalized spacial score (nSPS) is 11.0. The first-order chi connectivity index (χ1) is 9.41. The molecule has 0 N–H and O–H groups in total. The van der Waals surface area contributed by atoms with Crippen LogP contribution in [-0.4, -0.2) is 13.1 Å². The first-order valence-electron chi connectivity index (χ1n) is 8.12. The SMILES string of the molecule is CCCCCCC=CCCCCCCCCOC=O. The zero-order valence-electron chi connectivity index (χ0n) is 12.7. The Bertz CT molecular complexity index is 199. The van der Waals surface area contributed by atoms with Gasteiger partial charge in [-0.25, -0.2) is 0 Å². The van der Waals surface area contributed by atoms with E-state index in [9.17, 15) is 4.79 Å². The molecule has 0 aliphatic rings. The number of carbonyl (C=O) groups is 1. The van der Waals surface area contributed by atoms with E-state index in [1.165, 1.54) is 70.6 Å². The molecule has 2 nitrogen and oxygen atoms in total. The van der Waals surface area contributed by atoms with Crippen LogP contribution >= 0.6 is 0 Å². The third-order valence-electron chi connectivity index (χ3n) is 3.34. The molecule has 0 saturated heterocycles. The summed E-state index contributed by atoms with van der Waals surface area (Å²) in [6.45, 7) is 3.38. The van der Waals surface area contributed by atoms with Gasteiger partial charge < -0.3 is 4.74 Å². The van der Waals surface area contributed by atoms with Crippen LogP contribution in [0.15, 0.2) is 12.2 Å². The molecule has 0 atom stereocenters. The molecule has 0 rings (SSSR count). The minimum Gasteiger partial charge on any atom is -0.468 e. The third-order valence-corrected chi connectivity index (χ3v) is 3.34. The van der Waals surface area contributed by atoms with E-state index in [1.807, 2.05) is 0 Å². The summed E-state index contributed by atoms with van der Waals surface area (Å²) in [4.78, 5) is 9.91. The van der Waals surface area contributed by atoms with Gasteiger partial charge in [-0.2, -0.15) is 0 Å². The second kappa shape index (κ2) is 17.2. The maximum atomic E-state index is 9.91. The topological polar surface area (TPSA) is 26.3 Å². The second-order valence-corrected chi connectivity index (χ2v) is 5.20. The summed E-state index contributed by atoms with van der Waals surface area (Å²) < 4.78 is 4.65. The van der Waals surface area contributed by atoms with Crippen LogP contribution in [0.25, 0.3) is 0 Å². The van der Waals surface area contributed by atoms with Crippen LogP contribution in [0.2, 0.25) is 0 Å². The van der Waals surface area contributed by atoms with Gasteiger partial charge in [0.1, 0.15) is 0 Å². The van der Waals surface area contributed by atoms with Crippen LogP contribution in [0.5, 0.6) is 0 Å². The lowest BCUT2D eigenvalue weighted by molar-refractivity contribution is -0.128. The largest absolute Gasteiger partial charge is 0.468 e. The molecule has 0 aliphatic heterocycles. The number of ether oxygens (including phenoxy) is 1. The van der Waals surface area contributed by atoms with Gasteiger partial charge in [0.05, 0.1) is 6.61 Å². The van der Waals surface area contributed by atoms with Crippen molar-refractivity contribution in [3.05, 3.63) is 12.2 Å². The fourth-order valence-electron chi connectivity index (χ4n) is 2.13. The monoisotopic (exact) mass is 268 g/mol. The Balaban J connectivity index is 3.01. The lowest BCUT2D eigenvalue weighted by atomic mass is 10.1. The fourth-order valence-corrected chi connectivity index (χ4v) is 2.13. The molecule has 0 saturated carbocycles. The zero-order valence-corrected chi connectivity index (χ0v) is 12.7. The molecule has 0 aromatic rings. The summed E-state index contributed by atoms with van der Waals surface area (Å²) >= 11 is 0. The van der Waals surface area contributed by atoms with Crippen LogP contribution < -0.4 is 0 Å². The molecule has 0 aliphatic carbocycles. The van der Waals surface area contributed by atoms with Gasteiger partial charge in [0, 0.05) is 0 Å². The van der Waals surface area contributed by atoms with Crippen LogP contribution in [0, 0.1) is 0 Å². The molecule has 0 fully saturated rings. The van der Waals surface area contributed by atoms with E-state index in [0.29, 0.717) is 13.1 Å². The van der Waals surface area contributed by atoms with Crippen molar-refractivity contribution >= 4 is 6.47 Å². The molecule has 0 heterocycles. The number of hydrogen-bond acceptors (Lipinski definition) is 2. The molecule has 19 heavy (non-hydrogen) atoms. The predicted octanol–water partition coefficient (Wildman–Crippen LogP) is 5.42. The summed E-state index contributed by atoms with van der Waals surface area (Å²) in [6, 6.07) is 0. The number of carbonyl (C=O) groups excluding carboxylic acids is 1. The minimum atomic E-state index is 0.536. The maximum absolute atomic E-state index is 9.91. The van der Waals surface area contributed by atoms with Gasteiger partial charge in [0.15, 0.2) is 0 Å². The van der Waals surface area contributed by atoms with Crippen molar-refractivity contribution in [1.82, 2.24) is 0 Å². The van der Waals surface area contributed by atoms with E-state index in [0.717, 1.165) is 6.42 Å². The molecule has 0 aromatic carbocycles. The Hall–Kier alpha value is -0.790. The number of rotatable bonds is 15. The van der Waals surface area contributed by atoms with Gasteiger partial charge in [0.2, 0.25) is 0 Å². The van der Waals surface area contributed by atoms with Gasteiger partial charge in [-0.15, -0.1) is 0 Å². The molecular formula is C17H32O2. The summed E-state index contributed by atoms with van der Waals surface area (Å²) in [5.74, 6) is 0. The van der Waals surface area contributed by atoms with Crippen LogP contribution in [0.1, 0.15) is 84.0 Å². The zero-order chi connectivity index (χ0) is 14.0. The first kappa shape index (κ1) is 18.2.